The van der Waals surface area contributed by atoms with Crippen LogP contribution in [0.1, 0.15) is 5.56 Å². The standard InChI is InChI=1S/C17H12BrFOS/c18-12-7-11(8-13(19)9-12)10-21-17-6-5-16(20)14-3-1-2-4-15(14)17/h1-9,20H,10H2. The number of phenols is 1. The van der Waals surface area contributed by atoms with Crippen LogP contribution in [0.25, 0.3) is 10.8 Å². The van der Waals surface area contributed by atoms with Crippen molar-refractivity contribution in [3.8, 4) is 5.75 Å². The van der Waals surface area contributed by atoms with Crippen molar-refractivity contribution in [2.45, 2.75) is 10.6 Å². The van der Waals surface area contributed by atoms with E-state index in [-0.39, 0.29) is 11.6 Å². The molecule has 0 aromatic heterocycles. The van der Waals surface area contributed by atoms with E-state index in [9.17, 15) is 9.50 Å². The number of thioether (sulfide) groups is 1. The summed E-state index contributed by atoms with van der Waals surface area (Å²) in [6, 6.07) is 16.2. The lowest BCUT2D eigenvalue weighted by atomic mass is 10.1. The Morgan fingerprint density at radius 2 is 1.76 bits per heavy atom. The van der Waals surface area contributed by atoms with Crippen molar-refractivity contribution in [2.24, 2.45) is 0 Å². The zero-order chi connectivity index (χ0) is 14.8. The topological polar surface area (TPSA) is 20.2 Å². The van der Waals surface area contributed by atoms with Crippen molar-refractivity contribution in [3.63, 3.8) is 0 Å². The van der Waals surface area contributed by atoms with Crippen molar-refractivity contribution < 1.29 is 9.50 Å². The highest BCUT2D eigenvalue weighted by Gasteiger charge is 2.06. The molecule has 1 nitrogen and oxygen atoms in total. The average Bonchev–Trinajstić information content (AvgIpc) is 2.46. The highest BCUT2D eigenvalue weighted by molar-refractivity contribution is 9.10. The van der Waals surface area contributed by atoms with Gasteiger partial charge < -0.3 is 5.11 Å². The fraction of sp³-hybridized carbons (Fsp3) is 0.0588. The van der Waals surface area contributed by atoms with E-state index in [1.165, 1.54) is 6.07 Å². The molecule has 0 bridgehead atoms. The molecule has 0 fully saturated rings. The number of aromatic hydroxyl groups is 1. The summed E-state index contributed by atoms with van der Waals surface area (Å²) in [5.74, 6) is 0.712. The van der Waals surface area contributed by atoms with E-state index in [0.29, 0.717) is 5.75 Å². The van der Waals surface area contributed by atoms with Crippen LogP contribution < -0.4 is 0 Å². The Labute approximate surface area is 134 Å². The summed E-state index contributed by atoms with van der Waals surface area (Å²) < 4.78 is 14.1. The van der Waals surface area contributed by atoms with Gasteiger partial charge in [0.15, 0.2) is 0 Å². The maximum Gasteiger partial charge on any atom is 0.124 e. The Balaban J connectivity index is 1.90. The maximum atomic E-state index is 13.4. The van der Waals surface area contributed by atoms with Crippen molar-refractivity contribution >= 4 is 38.5 Å². The molecule has 21 heavy (non-hydrogen) atoms. The predicted octanol–water partition coefficient (Wildman–Crippen LogP) is 5.74. The molecule has 0 radical (unpaired) electrons. The van der Waals surface area contributed by atoms with Crippen molar-refractivity contribution in [3.05, 3.63) is 70.5 Å². The van der Waals surface area contributed by atoms with Gasteiger partial charge in [-0.15, -0.1) is 11.8 Å². The molecule has 106 valence electrons. The third-order valence-corrected chi connectivity index (χ3v) is 4.78. The predicted molar refractivity (Wildman–Crippen MR) is 89.3 cm³/mol. The first kappa shape index (κ1) is 14.4. The van der Waals surface area contributed by atoms with Crippen LogP contribution in [0.15, 0.2) is 64.0 Å². The molecule has 0 aliphatic heterocycles. The molecule has 3 aromatic rings. The smallest absolute Gasteiger partial charge is 0.124 e. The van der Waals surface area contributed by atoms with Gasteiger partial charge in [0.25, 0.3) is 0 Å². The lowest BCUT2D eigenvalue weighted by Crippen LogP contribution is -1.85. The van der Waals surface area contributed by atoms with Gasteiger partial charge in [0.2, 0.25) is 0 Å². The van der Waals surface area contributed by atoms with Crippen LogP contribution >= 0.6 is 27.7 Å². The van der Waals surface area contributed by atoms with Gasteiger partial charge in [-0.2, -0.15) is 0 Å². The Morgan fingerprint density at radius 3 is 2.52 bits per heavy atom. The maximum absolute atomic E-state index is 13.4. The second-order valence-electron chi connectivity index (χ2n) is 4.69. The molecule has 0 heterocycles. The first-order valence-electron chi connectivity index (χ1n) is 6.42. The molecule has 0 spiro atoms. The molecule has 0 unspecified atom stereocenters. The molecule has 4 heteroatoms. The Bertz CT molecular complexity index is 784. The number of halogens is 2. The van der Waals surface area contributed by atoms with E-state index < -0.39 is 0 Å². The summed E-state index contributed by atoms with van der Waals surface area (Å²) in [7, 11) is 0. The summed E-state index contributed by atoms with van der Waals surface area (Å²) in [6.07, 6.45) is 0. The van der Waals surface area contributed by atoms with Crippen LogP contribution in [0, 0.1) is 5.82 Å². The van der Waals surface area contributed by atoms with Gasteiger partial charge in [0.05, 0.1) is 0 Å². The summed E-state index contributed by atoms with van der Waals surface area (Å²) in [5, 5.41) is 11.7. The van der Waals surface area contributed by atoms with Crippen molar-refractivity contribution in [1.29, 1.82) is 0 Å². The van der Waals surface area contributed by atoms with E-state index >= 15 is 0 Å². The van der Waals surface area contributed by atoms with Crippen molar-refractivity contribution in [2.75, 3.05) is 0 Å². The molecule has 0 saturated heterocycles. The number of benzene rings is 3. The molecule has 3 rings (SSSR count). The van der Waals surface area contributed by atoms with Crippen LogP contribution in [-0.4, -0.2) is 5.11 Å². The van der Waals surface area contributed by atoms with Gasteiger partial charge in [-0.25, -0.2) is 4.39 Å². The Morgan fingerprint density at radius 1 is 1.00 bits per heavy atom. The average molecular weight is 363 g/mol. The second-order valence-corrected chi connectivity index (χ2v) is 6.63. The fourth-order valence-corrected chi connectivity index (χ4v) is 3.74. The second kappa shape index (κ2) is 6.08. The van der Waals surface area contributed by atoms with Gasteiger partial charge in [-0.05, 0) is 41.3 Å². The highest BCUT2D eigenvalue weighted by atomic mass is 79.9. The molecular formula is C17H12BrFOS. The first-order valence-corrected chi connectivity index (χ1v) is 8.20. The normalized spacial score (nSPS) is 11.0. The van der Waals surface area contributed by atoms with Crippen LogP contribution in [-0.2, 0) is 5.75 Å². The van der Waals surface area contributed by atoms with E-state index in [1.807, 2.05) is 36.4 Å². The lowest BCUT2D eigenvalue weighted by molar-refractivity contribution is 0.481. The molecular weight excluding hydrogens is 351 g/mol. The summed E-state index contributed by atoms with van der Waals surface area (Å²) >= 11 is 4.94. The third kappa shape index (κ3) is 3.22. The van der Waals surface area contributed by atoms with Crippen molar-refractivity contribution in [1.82, 2.24) is 0 Å². The SMILES string of the molecule is Oc1ccc(SCc2cc(F)cc(Br)c2)c2ccccc12. The molecule has 0 saturated carbocycles. The van der Waals surface area contributed by atoms with Gasteiger partial charge in [0, 0.05) is 20.5 Å². The van der Waals surface area contributed by atoms with Crippen LogP contribution in [0.4, 0.5) is 4.39 Å². The van der Waals surface area contributed by atoms with Gasteiger partial charge in [0.1, 0.15) is 11.6 Å². The number of hydrogen-bond donors (Lipinski definition) is 1. The molecule has 0 aliphatic rings. The van der Waals surface area contributed by atoms with Gasteiger partial charge in [-0.3, -0.25) is 0 Å². The number of phenolic OH excluding ortho intramolecular Hbond substituents is 1. The van der Waals surface area contributed by atoms with E-state index in [1.54, 1.807) is 23.9 Å². The third-order valence-electron chi connectivity index (χ3n) is 3.18. The Kier molecular flexibility index (Phi) is 4.17. The number of hydrogen-bond acceptors (Lipinski definition) is 2. The molecule has 3 aromatic carbocycles. The van der Waals surface area contributed by atoms with E-state index in [2.05, 4.69) is 15.9 Å². The van der Waals surface area contributed by atoms with Crippen LogP contribution in [0.3, 0.4) is 0 Å². The summed E-state index contributed by atoms with van der Waals surface area (Å²) in [4.78, 5) is 1.07. The quantitative estimate of drug-likeness (QED) is 0.599. The fourth-order valence-electron chi connectivity index (χ4n) is 2.24. The summed E-state index contributed by atoms with van der Waals surface area (Å²) in [5.41, 5.74) is 0.920. The minimum absolute atomic E-state index is 0.240. The highest BCUT2D eigenvalue weighted by Crippen LogP contribution is 2.35. The minimum Gasteiger partial charge on any atom is -0.507 e. The minimum atomic E-state index is -0.240. The number of rotatable bonds is 3. The van der Waals surface area contributed by atoms with Crippen LogP contribution in [0.5, 0.6) is 5.75 Å². The molecule has 1 N–H and O–H groups in total. The Hall–Kier alpha value is -1.52. The lowest BCUT2D eigenvalue weighted by Gasteiger charge is -2.08. The largest absolute Gasteiger partial charge is 0.507 e. The zero-order valence-electron chi connectivity index (χ0n) is 11.0. The van der Waals surface area contributed by atoms with E-state index in [4.69, 9.17) is 0 Å². The van der Waals surface area contributed by atoms with Crippen LogP contribution in [0.2, 0.25) is 0 Å². The first-order chi connectivity index (χ1) is 10.1. The van der Waals surface area contributed by atoms with Gasteiger partial charge in [-0.1, -0.05) is 40.2 Å². The van der Waals surface area contributed by atoms with E-state index in [0.717, 1.165) is 25.7 Å². The molecule has 0 aliphatic carbocycles. The molecule has 0 amide bonds. The van der Waals surface area contributed by atoms with Gasteiger partial charge >= 0.3 is 0 Å². The monoisotopic (exact) mass is 362 g/mol. The summed E-state index contributed by atoms with van der Waals surface area (Å²) in [6.45, 7) is 0. The molecule has 0 atom stereocenters. The zero-order valence-corrected chi connectivity index (χ0v) is 13.4. The number of fused-ring (bicyclic) bond motifs is 1.